The van der Waals surface area contributed by atoms with Crippen molar-refractivity contribution in [1.82, 2.24) is 9.97 Å². The van der Waals surface area contributed by atoms with E-state index in [1.807, 2.05) is 37.3 Å². The maximum Gasteiger partial charge on any atom is 0.200 e. The molecule has 0 unspecified atom stereocenters. The predicted octanol–water partition coefficient (Wildman–Crippen LogP) is 2.21. The topological polar surface area (TPSA) is 49.9 Å². The van der Waals surface area contributed by atoms with E-state index in [2.05, 4.69) is 15.3 Å². The fourth-order valence-electron chi connectivity index (χ4n) is 1.36. The summed E-state index contributed by atoms with van der Waals surface area (Å²) in [6.07, 6.45) is 1.79. The lowest BCUT2D eigenvalue weighted by atomic mass is 10.3. The highest BCUT2D eigenvalue weighted by Gasteiger charge is 1.95. The number of nitrogens with one attached hydrogen (secondary N) is 2. The summed E-state index contributed by atoms with van der Waals surface area (Å²) in [6, 6.07) is 9.77. The molecule has 16 heavy (non-hydrogen) atoms. The van der Waals surface area contributed by atoms with Crippen molar-refractivity contribution in [3.63, 3.8) is 0 Å². The summed E-state index contributed by atoms with van der Waals surface area (Å²) in [5.41, 5.74) is 1.05. The number of ether oxygens (including phenoxy) is 1. The first-order valence-electron chi connectivity index (χ1n) is 5.28. The van der Waals surface area contributed by atoms with Gasteiger partial charge in [-0.05, 0) is 19.1 Å². The van der Waals surface area contributed by atoms with Crippen molar-refractivity contribution in [3.05, 3.63) is 42.2 Å². The fourth-order valence-corrected chi connectivity index (χ4v) is 1.36. The third-order valence-electron chi connectivity index (χ3n) is 2.11. The van der Waals surface area contributed by atoms with Gasteiger partial charge >= 0.3 is 0 Å². The molecule has 2 aromatic rings. The molecule has 0 radical (unpaired) electrons. The predicted molar refractivity (Wildman–Crippen MR) is 63.8 cm³/mol. The minimum absolute atomic E-state index is 0.615. The molecule has 84 valence electrons. The summed E-state index contributed by atoms with van der Waals surface area (Å²) >= 11 is 0. The van der Waals surface area contributed by atoms with Crippen LogP contribution in [0.1, 0.15) is 5.69 Å². The van der Waals surface area contributed by atoms with Crippen molar-refractivity contribution in [2.24, 2.45) is 0 Å². The maximum atomic E-state index is 5.53. The molecule has 2 rings (SSSR count). The molecule has 2 N–H and O–H groups in total. The number of aromatic amines is 1. The van der Waals surface area contributed by atoms with Crippen LogP contribution in [-0.4, -0.2) is 23.1 Å². The second-order valence-electron chi connectivity index (χ2n) is 3.50. The molecule has 0 bridgehead atoms. The van der Waals surface area contributed by atoms with Gasteiger partial charge in [0.1, 0.15) is 12.4 Å². The minimum Gasteiger partial charge on any atom is -0.492 e. The van der Waals surface area contributed by atoms with Crippen molar-refractivity contribution < 1.29 is 4.74 Å². The molecule has 0 atom stereocenters. The largest absolute Gasteiger partial charge is 0.492 e. The Morgan fingerprint density at radius 3 is 2.81 bits per heavy atom. The lowest BCUT2D eigenvalue weighted by Gasteiger charge is -2.06. The summed E-state index contributed by atoms with van der Waals surface area (Å²) in [5.74, 6) is 1.68. The quantitative estimate of drug-likeness (QED) is 0.755. The Balaban J connectivity index is 1.69. The van der Waals surface area contributed by atoms with Crippen LogP contribution in [0.4, 0.5) is 5.95 Å². The summed E-state index contributed by atoms with van der Waals surface area (Å²) in [7, 11) is 0. The normalized spacial score (nSPS) is 10.1. The number of aryl methyl sites for hydroxylation is 1. The molecule has 4 heteroatoms. The van der Waals surface area contributed by atoms with Crippen molar-refractivity contribution in [3.8, 4) is 5.75 Å². The van der Waals surface area contributed by atoms with E-state index < -0.39 is 0 Å². The number of anilines is 1. The van der Waals surface area contributed by atoms with Crippen LogP contribution in [-0.2, 0) is 0 Å². The molecular formula is C12H15N3O. The number of hydrogen-bond acceptors (Lipinski definition) is 3. The number of para-hydroxylation sites is 1. The Hall–Kier alpha value is -1.97. The molecular weight excluding hydrogens is 202 g/mol. The Kier molecular flexibility index (Phi) is 3.43. The third kappa shape index (κ3) is 3.02. The molecule has 0 amide bonds. The number of aromatic nitrogens is 2. The summed E-state index contributed by atoms with van der Waals surface area (Å²) in [4.78, 5) is 7.24. The molecule has 4 nitrogen and oxygen atoms in total. The zero-order valence-corrected chi connectivity index (χ0v) is 9.23. The van der Waals surface area contributed by atoms with Crippen LogP contribution < -0.4 is 10.1 Å². The average molecular weight is 217 g/mol. The second-order valence-corrected chi connectivity index (χ2v) is 3.50. The zero-order chi connectivity index (χ0) is 11.2. The van der Waals surface area contributed by atoms with Crippen LogP contribution in [0.15, 0.2) is 36.5 Å². The Morgan fingerprint density at radius 1 is 1.31 bits per heavy atom. The molecule has 1 heterocycles. The Labute approximate surface area is 94.7 Å². The minimum atomic E-state index is 0.615. The molecule has 1 aromatic heterocycles. The number of hydrogen-bond donors (Lipinski definition) is 2. The van der Waals surface area contributed by atoms with Gasteiger partial charge in [0.25, 0.3) is 0 Å². The average Bonchev–Trinajstić information content (AvgIpc) is 2.72. The van der Waals surface area contributed by atoms with Crippen molar-refractivity contribution >= 4 is 5.95 Å². The summed E-state index contributed by atoms with van der Waals surface area (Å²) < 4.78 is 5.53. The van der Waals surface area contributed by atoms with Gasteiger partial charge in [-0.15, -0.1) is 0 Å². The van der Waals surface area contributed by atoms with Gasteiger partial charge in [-0.1, -0.05) is 18.2 Å². The number of H-pyrrole nitrogens is 1. The van der Waals surface area contributed by atoms with Crippen LogP contribution in [0.5, 0.6) is 5.75 Å². The summed E-state index contributed by atoms with van der Waals surface area (Å²) in [6.45, 7) is 3.31. The van der Waals surface area contributed by atoms with E-state index in [0.717, 1.165) is 23.9 Å². The van der Waals surface area contributed by atoms with E-state index >= 15 is 0 Å². The van der Waals surface area contributed by atoms with Crippen molar-refractivity contribution in [2.75, 3.05) is 18.5 Å². The van der Waals surface area contributed by atoms with Gasteiger partial charge in [0.2, 0.25) is 0 Å². The Bertz CT molecular complexity index is 425. The lowest BCUT2D eigenvalue weighted by Crippen LogP contribution is -2.12. The van der Waals surface area contributed by atoms with Gasteiger partial charge in [-0.25, -0.2) is 4.98 Å². The van der Waals surface area contributed by atoms with E-state index in [1.54, 1.807) is 6.20 Å². The van der Waals surface area contributed by atoms with Gasteiger partial charge in [0.05, 0.1) is 6.54 Å². The van der Waals surface area contributed by atoms with Crippen LogP contribution in [0.3, 0.4) is 0 Å². The molecule has 0 aliphatic rings. The number of imidazole rings is 1. The molecule has 1 aromatic carbocycles. The first kappa shape index (κ1) is 10.5. The lowest BCUT2D eigenvalue weighted by molar-refractivity contribution is 0.332. The van der Waals surface area contributed by atoms with Gasteiger partial charge in [0, 0.05) is 11.9 Å². The van der Waals surface area contributed by atoms with Crippen LogP contribution in [0.25, 0.3) is 0 Å². The highest BCUT2D eigenvalue weighted by molar-refractivity contribution is 5.26. The monoisotopic (exact) mass is 217 g/mol. The number of nitrogens with zero attached hydrogens (tertiary/aromatic N) is 1. The highest BCUT2D eigenvalue weighted by Crippen LogP contribution is 2.07. The maximum absolute atomic E-state index is 5.53. The van der Waals surface area contributed by atoms with Gasteiger partial charge in [-0.2, -0.15) is 0 Å². The Morgan fingerprint density at radius 2 is 2.12 bits per heavy atom. The standard InChI is InChI=1S/C12H15N3O/c1-10-9-14-12(15-10)13-7-8-16-11-5-3-2-4-6-11/h2-6,9H,7-8H2,1H3,(H2,13,14,15). The van der Waals surface area contributed by atoms with Gasteiger partial charge < -0.3 is 15.0 Å². The highest BCUT2D eigenvalue weighted by atomic mass is 16.5. The smallest absolute Gasteiger partial charge is 0.200 e. The van der Waals surface area contributed by atoms with E-state index in [-0.39, 0.29) is 0 Å². The van der Waals surface area contributed by atoms with Gasteiger partial charge in [0.15, 0.2) is 5.95 Å². The molecule has 0 spiro atoms. The SMILES string of the molecule is Cc1cnc(NCCOc2ccccc2)[nH]1. The molecule has 0 saturated carbocycles. The number of benzene rings is 1. The van der Waals surface area contributed by atoms with Crippen LogP contribution in [0.2, 0.25) is 0 Å². The molecule has 0 aliphatic heterocycles. The van der Waals surface area contributed by atoms with Crippen molar-refractivity contribution in [2.45, 2.75) is 6.92 Å². The van der Waals surface area contributed by atoms with Crippen molar-refractivity contribution in [1.29, 1.82) is 0 Å². The van der Waals surface area contributed by atoms with E-state index in [9.17, 15) is 0 Å². The molecule has 0 fully saturated rings. The summed E-state index contributed by atoms with van der Waals surface area (Å²) in [5, 5.41) is 3.14. The van der Waals surface area contributed by atoms with Crippen LogP contribution >= 0.6 is 0 Å². The molecule has 0 aliphatic carbocycles. The van der Waals surface area contributed by atoms with E-state index in [0.29, 0.717) is 6.61 Å². The third-order valence-corrected chi connectivity index (χ3v) is 2.11. The fraction of sp³-hybridized carbons (Fsp3) is 0.250. The van der Waals surface area contributed by atoms with Crippen LogP contribution in [0, 0.1) is 6.92 Å². The second kappa shape index (κ2) is 5.21. The number of rotatable bonds is 5. The van der Waals surface area contributed by atoms with E-state index in [4.69, 9.17) is 4.74 Å². The zero-order valence-electron chi connectivity index (χ0n) is 9.23. The first-order valence-corrected chi connectivity index (χ1v) is 5.28. The van der Waals surface area contributed by atoms with Gasteiger partial charge in [-0.3, -0.25) is 0 Å². The molecule has 0 saturated heterocycles. The first-order chi connectivity index (χ1) is 7.84. The van der Waals surface area contributed by atoms with E-state index in [1.165, 1.54) is 0 Å².